The molecular weight excluding hydrogens is 242 g/mol. The molecule has 0 spiro atoms. The topological polar surface area (TPSA) is 50.2 Å². The standard InChI is InChI=1S/C8H10ClNO2S2/c1-2-6(7(11)12)13-4-5-3-10-8(9)14-5/h3,6H,2,4H2,1H3,(H,11,12). The van der Waals surface area contributed by atoms with Gasteiger partial charge >= 0.3 is 5.97 Å². The lowest BCUT2D eigenvalue weighted by Crippen LogP contribution is -2.14. The lowest BCUT2D eigenvalue weighted by atomic mass is 10.3. The maximum Gasteiger partial charge on any atom is 0.316 e. The van der Waals surface area contributed by atoms with E-state index >= 15 is 0 Å². The van der Waals surface area contributed by atoms with Gasteiger partial charge in [0, 0.05) is 16.8 Å². The normalized spacial score (nSPS) is 12.7. The van der Waals surface area contributed by atoms with Crippen LogP contribution < -0.4 is 0 Å². The Morgan fingerprint density at radius 3 is 3.00 bits per heavy atom. The zero-order valence-electron chi connectivity index (χ0n) is 7.57. The average molecular weight is 252 g/mol. The molecular formula is C8H10ClNO2S2. The first-order valence-electron chi connectivity index (χ1n) is 4.08. The summed E-state index contributed by atoms with van der Waals surface area (Å²) in [6.07, 6.45) is 2.32. The van der Waals surface area contributed by atoms with Gasteiger partial charge in [-0.3, -0.25) is 4.79 Å². The minimum absolute atomic E-state index is 0.337. The summed E-state index contributed by atoms with van der Waals surface area (Å²) < 4.78 is 0.504. The Hall–Kier alpha value is -0.260. The molecule has 0 aromatic carbocycles. The molecule has 1 unspecified atom stereocenters. The van der Waals surface area contributed by atoms with Crippen LogP contribution in [0.4, 0.5) is 0 Å². The van der Waals surface area contributed by atoms with E-state index in [1.54, 1.807) is 6.20 Å². The second-order valence-electron chi connectivity index (χ2n) is 2.63. The summed E-state index contributed by atoms with van der Waals surface area (Å²) in [4.78, 5) is 15.6. The molecule has 1 heterocycles. The number of carboxylic acids is 1. The quantitative estimate of drug-likeness (QED) is 0.874. The molecule has 0 amide bonds. The Bertz CT molecular complexity index is 316. The number of nitrogens with zero attached hydrogens (tertiary/aromatic N) is 1. The van der Waals surface area contributed by atoms with Crippen molar-refractivity contribution in [1.29, 1.82) is 0 Å². The molecule has 0 aliphatic carbocycles. The number of hydrogen-bond acceptors (Lipinski definition) is 4. The molecule has 1 aromatic heterocycles. The van der Waals surface area contributed by atoms with E-state index in [0.717, 1.165) is 4.88 Å². The average Bonchev–Trinajstić information content (AvgIpc) is 2.52. The summed E-state index contributed by atoms with van der Waals surface area (Å²) in [7, 11) is 0. The highest BCUT2D eigenvalue weighted by Gasteiger charge is 2.15. The second-order valence-corrected chi connectivity index (χ2v) is 5.51. The molecule has 6 heteroatoms. The molecule has 1 rings (SSSR count). The van der Waals surface area contributed by atoms with Crippen LogP contribution in [0.15, 0.2) is 6.20 Å². The fourth-order valence-corrected chi connectivity index (χ4v) is 2.93. The number of carboxylic acid groups (broad SMARTS) is 1. The molecule has 14 heavy (non-hydrogen) atoms. The molecule has 0 fully saturated rings. The van der Waals surface area contributed by atoms with Crippen molar-refractivity contribution in [3.63, 3.8) is 0 Å². The number of carbonyl (C=O) groups is 1. The third-order valence-corrected chi connectivity index (χ3v) is 4.31. The largest absolute Gasteiger partial charge is 0.480 e. The Morgan fingerprint density at radius 2 is 2.57 bits per heavy atom. The first-order valence-corrected chi connectivity index (χ1v) is 6.32. The summed E-state index contributed by atoms with van der Waals surface area (Å²) in [5.41, 5.74) is 0. The first-order chi connectivity index (χ1) is 6.63. The zero-order valence-corrected chi connectivity index (χ0v) is 9.95. The van der Waals surface area contributed by atoms with E-state index in [4.69, 9.17) is 16.7 Å². The van der Waals surface area contributed by atoms with Gasteiger partial charge in [0.25, 0.3) is 0 Å². The number of thiazole rings is 1. The van der Waals surface area contributed by atoms with E-state index < -0.39 is 5.97 Å². The van der Waals surface area contributed by atoms with Gasteiger partial charge in [0.1, 0.15) is 5.25 Å². The summed E-state index contributed by atoms with van der Waals surface area (Å²) in [6.45, 7) is 1.87. The van der Waals surface area contributed by atoms with Gasteiger partial charge in [-0.25, -0.2) is 4.98 Å². The highest BCUT2D eigenvalue weighted by molar-refractivity contribution is 7.99. The SMILES string of the molecule is CCC(SCc1cnc(Cl)s1)C(=O)O. The molecule has 0 saturated carbocycles. The van der Waals surface area contributed by atoms with E-state index in [9.17, 15) is 4.79 Å². The van der Waals surface area contributed by atoms with Crippen LogP contribution in [0.5, 0.6) is 0 Å². The maximum absolute atomic E-state index is 10.7. The summed E-state index contributed by atoms with van der Waals surface area (Å²) in [6, 6.07) is 0. The van der Waals surface area contributed by atoms with E-state index in [1.165, 1.54) is 23.1 Å². The molecule has 1 N–H and O–H groups in total. The van der Waals surface area contributed by atoms with Crippen molar-refractivity contribution in [3.8, 4) is 0 Å². The second kappa shape index (κ2) is 5.58. The molecule has 3 nitrogen and oxygen atoms in total. The Labute approximate surface area is 95.5 Å². The molecule has 78 valence electrons. The number of hydrogen-bond donors (Lipinski definition) is 1. The van der Waals surface area contributed by atoms with Gasteiger partial charge < -0.3 is 5.11 Å². The molecule has 1 atom stereocenters. The fourth-order valence-electron chi connectivity index (χ4n) is 0.897. The number of aromatic nitrogens is 1. The van der Waals surface area contributed by atoms with Crippen molar-refractivity contribution in [2.45, 2.75) is 24.3 Å². The maximum atomic E-state index is 10.7. The van der Waals surface area contributed by atoms with Gasteiger partial charge in [-0.2, -0.15) is 0 Å². The molecule has 0 saturated heterocycles. The van der Waals surface area contributed by atoms with Crippen molar-refractivity contribution in [2.24, 2.45) is 0 Å². The van der Waals surface area contributed by atoms with Crippen LogP contribution in [0.3, 0.4) is 0 Å². The summed E-state index contributed by atoms with van der Waals surface area (Å²) >= 11 is 8.45. The Kier molecular flexibility index (Phi) is 4.71. The predicted molar refractivity (Wildman–Crippen MR) is 60.1 cm³/mol. The van der Waals surface area contributed by atoms with E-state index in [-0.39, 0.29) is 5.25 Å². The highest BCUT2D eigenvalue weighted by atomic mass is 35.5. The molecule has 0 radical (unpaired) electrons. The van der Waals surface area contributed by atoms with Gasteiger partial charge in [-0.1, -0.05) is 18.5 Å². The van der Waals surface area contributed by atoms with E-state index in [2.05, 4.69) is 4.98 Å². The predicted octanol–water partition coefficient (Wildman–Crippen LogP) is 2.89. The lowest BCUT2D eigenvalue weighted by Gasteiger charge is -2.07. The van der Waals surface area contributed by atoms with Crippen molar-refractivity contribution in [1.82, 2.24) is 4.98 Å². The van der Waals surface area contributed by atoms with Gasteiger partial charge in [0.15, 0.2) is 4.47 Å². The van der Waals surface area contributed by atoms with Crippen LogP contribution in [-0.4, -0.2) is 21.3 Å². The molecule has 0 bridgehead atoms. The minimum Gasteiger partial charge on any atom is -0.480 e. The van der Waals surface area contributed by atoms with Crippen molar-refractivity contribution >= 4 is 40.7 Å². The van der Waals surface area contributed by atoms with E-state index in [0.29, 0.717) is 16.6 Å². The third-order valence-electron chi connectivity index (χ3n) is 1.60. The van der Waals surface area contributed by atoms with Crippen LogP contribution in [0.2, 0.25) is 4.47 Å². The van der Waals surface area contributed by atoms with Crippen molar-refractivity contribution in [3.05, 3.63) is 15.5 Å². The molecule has 0 aliphatic rings. The van der Waals surface area contributed by atoms with Crippen LogP contribution in [0, 0.1) is 0 Å². The van der Waals surface area contributed by atoms with Gasteiger partial charge in [-0.15, -0.1) is 23.1 Å². The number of aliphatic carboxylic acids is 1. The van der Waals surface area contributed by atoms with Crippen LogP contribution >= 0.6 is 34.7 Å². The van der Waals surface area contributed by atoms with Crippen LogP contribution in [0.1, 0.15) is 18.2 Å². The minimum atomic E-state index is -0.756. The monoisotopic (exact) mass is 251 g/mol. The summed E-state index contributed by atoms with van der Waals surface area (Å²) in [5, 5.41) is 8.46. The van der Waals surface area contributed by atoms with Crippen molar-refractivity contribution < 1.29 is 9.90 Å². The summed E-state index contributed by atoms with van der Waals surface area (Å²) in [5.74, 6) is -0.0945. The zero-order chi connectivity index (χ0) is 10.6. The van der Waals surface area contributed by atoms with Crippen molar-refractivity contribution in [2.75, 3.05) is 0 Å². The van der Waals surface area contributed by atoms with Crippen LogP contribution in [-0.2, 0) is 10.5 Å². The van der Waals surface area contributed by atoms with Gasteiger partial charge in [-0.05, 0) is 6.42 Å². The third kappa shape index (κ3) is 3.48. The number of thioether (sulfide) groups is 1. The Morgan fingerprint density at radius 1 is 1.86 bits per heavy atom. The number of rotatable bonds is 5. The first kappa shape index (κ1) is 11.8. The smallest absolute Gasteiger partial charge is 0.316 e. The molecule has 1 aromatic rings. The lowest BCUT2D eigenvalue weighted by molar-refractivity contribution is -0.136. The number of halogens is 1. The van der Waals surface area contributed by atoms with Gasteiger partial charge in [0.05, 0.1) is 0 Å². The fraction of sp³-hybridized carbons (Fsp3) is 0.500. The van der Waals surface area contributed by atoms with E-state index in [1.807, 2.05) is 6.92 Å². The molecule has 0 aliphatic heterocycles. The Balaban J connectivity index is 2.43. The van der Waals surface area contributed by atoms with Crippen LogP contribution in [0.25, 0.3) is 0 Å². The van der Waals surface area contributed by atoms with Gasteiger partial charge in [0.2, 0.25) is 0 Å². The highest BCUT2D eigenvalue weighted by Crippen LogP contribution is 2.25.